The summed E-state index contributed by atoms with van der Waals surface area (Å²) in [5.74, 6) is 0. The molecule has 12 heavy (non-hydrogen) atoms. The quantitative estimate of drug-likeness (QED) is 0.630. The third-order valence-electron chi connectivity index (χ3n) is 1.74. The Hall–Kier alpha value is 0.200. The van der Waals surface area contributed by atoms with Gasteiger partial charge in [-0.15, -0.1) is 11.3 Å². The van der Waals surface area contributed by atoms with Crippen molar-refractivity contribution in [2.75, 3.05) is 0 Å². The van der Waals surface area contributed by atoms with Crippen LogP contribution in [0.25, 0.3) is 10.1 Å². The van der Waals surface area contributed by atoms with E-state index >= 15 is 0 Å². The average Bonchev–Trinajstić information content (AvgIpc) is 2.29. The fourth-order valence-corrected chi connectivity index (χ4v) is 3.24. The number of halogens is 2. The summed E-state index contributed by atoms with van der Waals surface area (Å²) >= 11 is 9.90. The minimum absolute atomic E-state index is 0.870. The van der Waals surface area contributed by atoms with Gasteiger partial charge in [-0.3, -0.25) is 0 Å². The van der Waals surface area contributed by atoms with Gasteiger partial charge >= 0.3 is 0 Å². The monoisotopic (exact) mass is 308 g/mol. The fourth-order valence-electron chi connectivity index (χ4n) is 1.25. The summed E-state index contributed by atoms with van der Waals surface area (Å²) in [5, 5.41) is 1.26. The van der Waals surface area contributed by atoms with Gasteiger partial charge in [-0.05, 0) is 58.7 Å². The molecule has 0 atom stereocenters. The van der Waals surface area contributed by atoms with Crippen LogP contribution >= 0.6 is 45.5 Å². The van der Waals surface area contributed by atoms with Gasteiger partial charge in [0.25, 0.3) is 0 Å². The van der Waals surface area contributed by atoms with Crippen LogP contribution in [-0.4, -0.2) is 0 Å². The van der Waals surface area contributed by atoms with E-state index in [1.165, 1.54) is 19.2 Å². The fraction of sp³-hybridized carbons (Fsp3) is 0.111. The van der Waals surface area contributed by atoms with E-state index in [4.69, 9.17) is 11.6 Å². The maximum absolute atomic E-state index is 5.92. The highest BCUT2D eigenvalue weighted by atomic mass is 127. The molecule has 1 aromatic heterocycles. The molecule has 0 unspecified atom stereocenters. The molecule has 1 aromatic carbocycles. The predicted molar refractivity (Wildman–Crippen MR) is 64.3 cm³/mol. The average molecular weight is 309 g/mol. The number of benzene rings is 1. The number of hydrogen-bond donors (Lipinski definition) is 0. The zero-order chi connectivity index (χ0) is 8.72. The summed E-state index contributed by atoms with van der Waals surface area (Å²) in [6, 6.07) is 6.36. The minimum Gasteiger partial charge on any atom is -0.123 e. The second-order valence-corrected chi connectivity index (χ2v) is 5.62. The first-order valence-electron chi connectivity index (χ1n) is 3.52. The zero-order valence-electron chi connectivity index (χ0n) is 6.40. The molecule has 0 nitrogen and oxygen atoms in total. The molecule has 0 spiro atoms. The third-order valence-corrected chi connectivity index (χ3v) is 3.77. The molecule has 1 heterocycles. The summed E-state index contributed by atoms with van der Waals surface area (Å²) in [6.45, 7) is 2.12. The summed E-state index contributed by atoms with van der Waals surface area (Å²) in [4.78, 5) is 0. The molecule has 0 radical (unpaired) electrons. The van der Waals surface area contributed by atoms with Gasteiger partial charge in [0.2, 0.25) is 0 Å². The lowest BCUT2D eigenvalue weighted by Gasteiger charge is -1.95. The number of thiophene rings is 1. The maximum atomic E-state index is 5.92. The molecule has 3 heteroatoms. The maximum Gasteiger partial charge on any atom is 0.0940 e. The molecule has 2 aromatic rings. The van der Waals surface area contributed by atoms with Gasteiger partial charge < -0.3 is 0 Å². The lowest BCUT2D eigenvalue weighted by Crippen LogP contribution is -1.74. The molecule has 0 bridgehead atoms. The van der Waals surface area contributed by atoms with E-state index in [1.54, 1.807) is 11.3 Å². The van der Waals surface area contributed by atoms with Gasteiger partial charge in [-0.1, -0.05) is 11.6 Å². The summed E-state index contributed by atoms with van der Waals surface area (Å²) in [5.41, 5.74) is 1.31. The van der Waals surface area contributed by atoms with Crippen LogP contribution in [-0.2, 0) is 0 Å². The van der Waals surface area contributed by atoms with E-state index in [0.29, 0.717) is 0 Å². The Balaban J connectivity index is 2.88. The highest BCUT2D eigenvalue weighted by Crippen LogP contribution is 2.32. The van der Waals surface area contributed by atoms with Crippen molar-refractivity contribution in [3.8, 4) is 0 Å². The largest absolute Gasteiger partial charge is 0.123 e. The second-order valence-electron chi connectivity index (χ2n) is 2.69. The van der Waals surface area contributed by atoms with Crippen molar-refractivity contribution in [2.24, 2.45) is 0 Å². The third kappa shape index (κ3) is 1.47. The number of aryl methyl sites for hydroxylation is 1. The number of hydrogen-bond acceptors (Lipinski definition) is 1. The Morgan fingerprint density at radius 1 is 1.33 bits per heavy atom. The zero-order valence-corrected chi connectivity index (χ0v) is 10.1. The van der Waals surface area contributed by atoms with Crippen molar-refractivity contribution in [3.05, 3.63) is 31.7 Å². The van der Waals surface area contributed by atoms with Crippen LogP contribution in [0.3, 0.4) is 0 Å². The first-order chi connectivity index (χ1) is 5.66. The Bertz CT molecular complexity index is 433. The molecule has 0 N–H and O–H groups in total. The molecule has 0 saturated carbocycles. The van der Waals surface area contributed by atoms with Crippen molar-refractivity contribution in [1.29, 1.82) is 0 Å². The van der Waals surface area contributed by atoms with Crippen LogP contribution in [0.5, 0.6) is 0 Å². The van der Waals surface area contributed by atoms with E-state index in [-0.39, 0.29) is 0 Å². The van der Waals surface area contributed by atoms with Gasteiger partial charge in [0, 0.05) is 8.27 Å². The van der Waals surface area contributed by atoms with E-state index in [2.05, 4.69) is 41.6 Å². The lowest BCUT2D eigenvalue weighted by molar-refractivity contribution is 1.53. The SMILES string of the molecule is Cc1cc(I)cc2cc(Cl)sc12. The molecule has 2 rings (SSSR count). The minimum atomic E-state index is 0.870. The first-order valence-corrected chi connectivity index (χ1v) is 5.79. The molecule has 0 amide bonds. The standard InChI is InChI=1S/C9H6ClIS/c1-5-2-7(11)3-6-4-8(10)12-9(5)6/h2-4H,1H3. The van der Waals surface area contributed by atoms with E-state index < -0.39 is 0 Å². The first kappa shape index (κ1) is 8.78. The van der Waals surface area contributed by atoms with Crippen molar-refractivity contribution < 1.29 is 0 Å². The summed E-state index contributed by atoms with van der Waals surface area (Å²) < 4.78 is 3.45. The van der Waals surface area contributed by atoms with Crippen molar-refractivity contribution in [1.82, 2.24) is 0 Å². The predicted octanol–water partition coefficient (Wildman–Crippen LogP) is 4.47. The topological polar surface area (TPSA) is 0 Å². The normalized spacial score (nSPS) is 10.9. The molecule has 62 valence electrons. The Morgan fingerprint density at radius 3 is 2.83 bits per heavy atom. The number of rotatable bonds is 0. The van der Waals surface area contributed by atoms with E-state index in [0.717, 1.165) is 4.34 Å². The Kier molecular flexibility index (Phi) is 2.31. The van der Waals surface area contributed by atoms with Crippen molar-refractivity contribution in [3.63, 3.8) is 0 Å². The highest BCUT2D eigenvalue weighted by Gasteiger charge is 2.03. The lowest BCUT2D eigenvalue weighted by atomic mass is 10.2. The molecular formula is C9H6ClIS. The second kappa shape index (κ2) is 3.16. The van der Waals surface area contributed by atoms with Gasteiger partial charge in [0.1, 0.15) is 0 Å². The Morgan fingerprint density at radius 2 is 2.08 bits per heavy atom. The van der Waals surface area contributed by atoms with Gasteiger partial charge in [0.15, 0.2) is 0 Å². The molecular weight excluding hydrogens is 303 g/mol. The summed E-state index contributed by atoms with van der Waals surface area (Å²) in [6.07, 6.45) is 0. The van der Waals surface area contributed by atoms with Crippen LogP contribution in [0.4, 0.5) is 0 Å². The van der Waals surface area contributed by atoms with E-state index in [9.17, 15) is 0 Å². The molecule has 0 aliphatic carbocycles. The van der Waals surface area contributed by atoms with Crippen LogP contribution in [0.1, 0.15) is 5.56 Å². The van der Waals surface area contributed by atoms with Gasteiger partial charge in [-0.2, -0.15) is 0 Å². The van der Waals surface area contributed by atoms with Crippen LogP contribution in [0.2, 0.25) is 4.34 Å². The smallest absolute Gasteiger partial charge is 0.0940 e. The van der Waals surface area contributed by atoms with Gasteiger partial charge in [-0.25, -0.2) is 0 Å². The molecule has 0 fully saturated rings. The van der Waals surface area contributed by atoms with Gasteiger partial charge in [0.05, 0.1) is 4.34 Å². The highest BCUT2D eigenvalue weighted by molar-refractivity contribution is 14.1. The van der Waals surface area contributed by atoms with E-state index in [1.807, 2.05) is 6.07 Å². The Labute approximate surface area is 93.7 Å². The van der Waals surface area contributed by atoms with Crippen LogP contribution in [0.15, 0.2) is 18.2 Å². The number of fused-ring (bicyclic) bond motifs is 1. The summed E-state index contributed by atoms with van der Waals surface area (Å²) in [7, 11) is 0. The van der Waals surface area contributed by atoms with Crippen molar-refractivity contribution >= 4 is 55.6 Å². The molecule has 0 aliphatic heterocycles. The van der Waals surface area contributed by atoms with Crippen molar-refractivity contribution in [2.45, 2.75) is 6.92 Å². The van der Waals surface area contributed by atoms with Crippen LogP contribution < -0.4 is 0 Å². The molecule has 0 saturated heterocycles. The van der Waals surface area contributed by atoms with Crippen LogP contribution in [0, 0.1) is 10.5 Å². The molecule has 0 aliphatic rings.